The fourth-order valence-electron chi connectivity index (χ4n) is 0.941. The smallest absolute Gasteiger partial charge is 0.258 e. The molecule has 0 aliphatic rings. The lowest BCUT2D eigenvalue weighted by molar-refractivity contribution is -0.384. The highest BCUT2D eigenvalue weighted by Crippen LogP contribution is 2.10. The molecule has 0 bridgehead atoms. The summed E-state index contributed by atoms with van der Waals surface area (Å²) < 4.78 is 2.15. The van der Waals surface area contributed by atoms with Gasteiger partial charge in [-0.15, -0.1) is 0 Å². The van der Waals surface area contributed by atoms with E-state index in [9.17, 15) is 10.1 Å². The molecule has 0 radical (unpaired) electrons. The third kappa shape index (κ3) is 2.09. The van der Waals surface area contributed by atoms with Gasteiger partial charge in [0.1, 0.15) is 12.4 Å². The topological polar surface area (TPSA) is 86.7 Å². The van der Waals surface area contributed by atoms with Crippen LogP contribution in [0.15, 0.2) is 24.8 Å². The summed E-state index contributed by atoms with van der Waals surface area (Å²) >= 11 is 2.07. The summed E-state index contributed by atoms with van der Waals surface area (Å²) in [4.78, 5) is 17.9. The van der Waals surface area contributed by atoms with E-state index in [2.05, 4.69) is 37.7 Å². The van der Waals surface area contributed by atoms with Gasteiger partial charge in [-0.2, -0.15) is 9.78 Å². The van der Waals surface area contributed by atoms with Gasteiger partial charge in [0, 0.05) is 16.0 Å². The van der Waals surface area contributed by atoms with Crippen molar-refractivity contribution in [1.29, 1.82) is 0 Å². The fourth-order valence-corrected chi connectivity index (χ4v) is 1.22. The molecule has 0 amide bonds. The Kier molecular flexibility index (Phi) is 2.58. The van der Waals surface area contributed by atoms with Crippen LogP contribution in [-0.4, -0.2) is 24.7 Å². The van der Waals surface area contributed by atoms with Crippen molar-refractivity contribution in [1.82, 2.24) is 19.7 Å². The van der Waals surface area contributed by atoms with Crippen molar-refractivity contribution in [3.8, 4) is 5.95 Å². The molecule has 0 aliphatic heterocycles. The van der Waals surface area contributed by atoms with Gasteiger partial charge in [-0.1, -0.05) is 0 Å². The second-order valence-electron chi connectivity index (χ2n) is 2.60. The first-order chi connectivity index (χ1) is 7.16. The van der Waals surface area contributed by atoms with Gasteiger partial charge in [0.15, 0.2) is 0 Å². The van der Waals surface area contributed by atoms with Gasteiger partial charge in [0.25, 0.3) is 5.95 Å². The van der Waals surface area contributed by atoms with Gasteiger partial charge in [-0.25, -0.2) is 9.97 Å². The fraction of sp³-hybridized carbons (Fsp3) is 0. The van der Waals surface area contributed by atoms with Gasteiger partial charge in [0.05, 0.1) is 4.92 Å². The molecule has 0 unspecified atom stereocenters. The number of aromatic nitrogens is 4. The van der Waals surface area contributed by atoms with E-state index >= 15 is 0 Å². The predicted molar refractivity (Wildman–Crippen MR) is 58.5 cm³/mol. The molecular weight excluding hydrogens is 313 g/mol. The van der Waals surface area contributed by atoms with Crippen LogP contribution in [0, 0.1) is 13.7 Å². The second-order valence-corrected chi connectivity index (χ2v) is 3.85. The molecule has 0 fully saturated rings. The molecule has 15 heavy (non-hydrogen) atoms. The number of rotatable bonds is 2. The highest BCUT2D eigenvalue weighted by atomic mass is 127. The monoisotopic (exact) mass is 317 g/mol. The molecule has 2 aromatic heterocycles. The van der Waals surface area contributed by atoms with Gasteiger partial charge < -0.3 is 0 Å². The van der Waals surface area contributed by atoms with Crippen molar-refractivity contribution in [2.24, 2.45) is 0 Å². The summed E-state index contributed by atoms with van der Waals surface area (Å²) in [6, 6.07) is 0. The van der Waals surface area contributed by atoms with Crippen molar-refractivity contribution < 1.29 is 4.92 Å². The summed E-state index contributed by atoms with van der Waals surface area (Å²) in [6.45, 7) is 0. The molecule has 0 saturated carbocycles. The highest BCUT2D eigenvalue weighted by Gasteiger charge is 2.10. The summed E-state index contributed by atoms with van der Waals surface area (Å²) in [7, 11) is 0. The predicted octanol–water partition coefficient (Wildman–Crippen LogP) is 1.18. The molecule has 2 aromatic rings. The summed E-state index contributed by atoms with van der Waals surface area (Å²) in [5, 5.41) is 14.2. The zero-order chi connectivity index (χ0) is 10.8. The first-order valence-electron chi connectivity index (χ1n) is 3.84. The summed E-state index contributed by atoms with van der Waals surface area (Å²) in [5.41, 5.74) is -0.0860. The lowest BCUT2D eigenvalue weighted by Gasteiger charge is -1.96. The quantitative estimate of drug-likeness (QED) is 0.471. The first kappa shape index (κ1) is 9.96. The number of nitrogens with zero attached hydrogens (tertiary/aromatic N) is 5. The minimum Gasteiger partial charge on any atom is -0.258 e. The van der Waals surface area contributed by atoms with Crippen LogP contribution in [-0.2, 0) is 0 Å². The highest BCUT2D eigenvalue weighted by molar-refractivity contribution is 14.1. The van der Waals surface area contributed by atoms with Crippen LogP contribution in [0.4, 0.5) is 5.69 Å². The summed E-state index contributed by atoms with van der Waals surface area (Å²) in [5.74, 6) is 0.309. The lowest BCUT2D eigenvalue weighted by atomic mass is 10.6. The van der Waals surface area contributed by atoms with E-state index in [4.69, 9.17) is 0 Å². The van der Waals surface area contributed by atoms with E-state index in [1.807, 2.05) is 0 Å². The third-order valence-electron chi connectivity index (χ3n) is 1.59. The molecule has 0 aromatic carbocycles. The number of halogens is 1. The molecule has 0 atom stereocenters. The van der Waals surface area contributed by atoms with Crippen molar-refractivity contribution in [3.63, 3.8) is 0 Å². The largest absolute Gasteiger partial charge is 0.307 e. The SMILES string of the molecule is O=[N+]([O-])c1cnn(-c2ncc(I)cn2)c1. The normalized spacial score (nSPS) is 10.2. The van der Waals surface area contributed by atoms with Crippen LogP contribution in [0.1, 0.15) is 0 Å². The number of hydrogen-bond donors (Lipinski definition) is 0. The van der Waals surface area contributed by atoms with Crippen molar-refractivity contribution >= 4 is 28.3 Å². The van der Waals surface area contributed by atoms with E-state index in [1.54, 1.807) is 12.4 Å². The van der Waals surface area contributed by atoms with E-state index < -0.39 is 4.92 Å². The molecule has 7 nitrogen and oxygen atoms in total. The average molecular weight is 317 g/mol. The Labute approximate surface area is 97.4 Å². The molecule has 2 heterocycles. The maximum atomic E-state index is 10.4. The van der Waals surface area contributed by atoms with Gasteiger partial charge >= 0.3 is 5.69 Å². The number of nitro groups is 1. The molecule has 0 saturated heterocycles. The van der Waals surface area contributed by atoms with E-state index in [1.165, 1.54) is 10.9 Å². The van der Waals surface area contributed by atoms with Gasteiger partial charge in [0.2, 0.25) is 0 Å². The number of hydrogen-bond acceptors (Lipinski definition) is 5. The molecule has 0 N–H and O–H groups in total. The Bertz CT molecular complexity index is 494. The average Bonchev–Trinajstić information content (AvgIpc) is 2.68. The lowest BCUT2D eigenvalue weighted by Crippen LogP contribution is -2.00. The Morgan fingerprint density at radius 3 is 2.53 bits per heavy atom. The van der Waals surface area contributed by atoms with Crippen LogP contribution in [0.25, 0.3) is 5.95 Å². The van der Waals surface area contributed by atoms with Crippen LogP contribution < -0.4 is 0 Å². The molecule has 76 valence electrons. The maximum absolute atomic E-state index is 10.4. The van der Waals surface area contributed by atoms with Crippen molar-refractivity contribution in [2.75, 3.05) is 0 Å². The van der Waals surface area contributed by atoms with Crippen LogP contribution in [0.2, 0.25) is 0 Å². The van der Waals surface area contributed by atoms with Gasteiger partial charge in [-0.05, 0) is 22.6 Å². The van der Waals surface area contributed by atoms with E-state index in [-0.39, 0.29) is 5.69 Å². The van der Waals surface area contributed by atoms with E-state index in [0.717, 1.165) is 9.77 Å². The summed E-state index contributed by atoms with van der Waals surface area (Å²) in [6.07, 6.45) is 5.64. The zero-order valence-electron chi connectivity index (χ0n) is 7.24. The van der Waals surface area contributed by atoms with Crippen LogP contribution >= 0.6 is 22.6 Å². The Hall–Kier alpha value is -1.58. The Balaban J connectivity index is 2.37. The first-order valence-corrected chi connectivity index (χ1v) is 4.91. The minimum atomic E-state index is -0.518. The Morgan fingerprint density at radius 1 is 1.33 bits per heavy atom. The Morgan fingerprint density at radius 2 is 2.00 bits per heavy atom. The molecule has 2 rings (SSSR count). The van der Waals surface area contributed by atoms with Crippen LogP contribution in [0.3, 0.4) is 0 Å². The molecule has 0 spiro atoms. The molecular formula is C7H4IN5O2. The van der Waals surface area contributed by atoms with Crippen molar-refractivity contribution in [3.05, 3.63) is 38.5 Å². The van der Waals surface area contributed by atoms with Crippen molar-refractivity contribution in [2.45, 2.75) is 0 Å². The second kappa shape index (κ2) is 3.88. The standard InChI is InChI=1S/C7H4IN5O2/c8-5-1-9-7(10-2-5)12-4-6(3-11-12)13(14)15/h1-4H. The van der Waals surface area contributed by atoms with Crippen LogP contribution in [0.5, 0.6) is 0 Å². The van der Waals surface area contributed by atoms with Gasteiger partial charge in [-0.3, -0.25) is 10.1 Å². The maximum Gasteiger partial charge on any atom is 0.307 e. The zero-order valence-corrected chi connectivity index (χ0v) is 9.40. The third-order valence-corrected chi connectivity index (χ3v) is 2.15. The van der Waals surface area contributed by atoms with E-state index in [0.29, 0.717) is 5.95 Å². The molecule has 0 aliphatic carbocycles. The molecule has 8 heteroatoms. The minimum absolute atomic E-state index is 0.0860.